The molecule has 1 heterocycles. The van der Waals surface area contributed by atoms with Gasteiger partial charge in [0.15, 0.2) is 0 Å². The van der Waals surface area contributed by atoms with Gasteiger partial charge in [0.25, 0.3) is 0 Å². The van der Waals surface area contributed by atoms with E-state index in [1.165, 1.54) is 6.07 Å². The summed E-state index contributed by atoms with van der Waals surface area (Å²) in [4.78, 5) is 3.85. The standard InChI is InChI=1S/C7H8Cl2N2O/c1-2-12-7-5(9)3-4(8)6(10)11-7/h3H,2H2,1H3,(H2,10,11). The quantitative estimate of drug-likeness (QED) is 0.809. The maximum atomic E-state index is 5.75. The van der Waals surface area contributed by atoms with E-state index in [4.69, 9.17) is 33.7 Å². The third-order valence-corrected chi connectivity index (χ3v) is 1.78. The number of aromatic nitrogens is 1. The molecule has 0 amide bonds. The molecule has 1 aromatic heterocycles. The minimum atomic E-state index is 0.226. The summed E-state index contributed by atoms with van der Waals surface area (Å²) in [6.45, 7) is 2.33. The first-order valence-electron chi connectivity index (χ1n) is 3.39. The number of rotatable bonds is 2. The number of anilines is 1. The van der Waals surface area contributed by atoms with Crippen LogP contribution in [-0.2, 0) is 0 Å². The molecule has 0 aliphatic carbocycles. The second-order valence-corrected chi connectivity index (χ2v) is 2.89. The predicted octanol–water partition coefficient (Wildman–Crippen LogP) is 2.37. The molecule has 0 spiro atoms. The third-order valence-electron chi connectivity index (χ3n) is 1.21. The van der Waals surface area contributed by atoms with E-state index in [0.29, 0.717) is 22.5 Å². The van der Waals surface area contributed by atoms with Crippen molar-refractivity contribution in [1.29, 1.82) is 0 Å². The van der Waals surface area contributed by atoms with Crippen LogP contribution >= 0.6 is 23.2 Å². The first-order chi connectivity index (χ1) is 5.65. The molecule has 5 heteroatoms. The molecule has 0 bridgehead atoms. The van der Waals surface area contributed by atoms with Crippen LogP contribution in [0.3, 0.4) is 0 Å². The van der Waals surface area contributed by atoms with Gasteiger partial charge in [0.1, 0.15) is 10.8 Å². The van der Waals surface area contributed by atoms with Crippen LogP contribution < -0.4 is 10.5 Å². The number of nitrogens with zero attached hydrogens (tertiary/aromatic N) is 1. The van der Waals surface area contributed by atoms with Crippen LogP contribution in [0.25, 0.3) is 0 Å². The SMILES string of the molecule is CCOc1nc(N)c(Cl)cc1Cl. The zero-order valence-electron chi connectivity index (χ0n) is 6.47. The van der Waals surface area contributed by atoms with Crippen molar-refractivity contribution >= 4 is 29.0 Å². The molecular weight excluding hydrogens is 199 g/mol. The molecule has 0 aromatic carbocycles. The monoisotopic (exact) mass is 206 g/mol. The van der Waals surface area contributed by atoms with Crippen molar-refractivity contribution in [1.82, 2.24) is 4.98 Å². The van der Waals surface area contributed by atoms with Gasteiger partial charge in [-0.3, -0.25) is 0 Å². The van der Waals surface area contributed by atoms with Crippen molar-refractivity contribution in [2.45, 2.75) is 6.92 Å². The molecule has 0 saturated carbocycles. The van der Waals surface area contributed by atoms with E-state index in [1.54, 1.807) is 0 Å². The van der Waals surface area contributed by atoms with Crippen molar-refractivity contribution < 1.29 is 4.74 Å². The van der Waals surface area contributed by atoms with E-state index in [9.17, 15) is 0 Å². The Morgan fingerprint density at radius 2 is 2.17 bits per heavy atom. The van der Waals surface area contributed by atoms with Gasteiger partial charge in [-0.05, 0) is 13.0 Å². The highest BCUT2D eigenvalue weighted by molar-refractivity contribution is 6.36. The average Bonchev–Trinajstić information content (AvgIpc) is 2.01. The van der Waals surface area contributed by atoms with E-state index in [-0.39, 0.29) is 5.82 Å². The topological polar surface area (TPSA) is 48.1 Å². The molecule has 0 saturated heterocycles. The lowest BCUT2D eigenvalue weighted by molar-refractivity contribution is 0.327. The van der Waals surface area contributed by atoms with Gasteiger partial charge < -0.3 is 10.5 Å². The molecule has 66 valence electrons. The van der Waals surface area contributed by atoms with Gasteiger partial charge in [-0.1, -0.05) is 23.2 Å². The Bertz CT molecular complexity index is 291. The van der Waals surface area contributed by atoms with E-state index < -0.39 is 0 Å². The highest BCUT2D eigenvalue weighted by Gasteiger charge is 2.06. The molecule has 2 N–H and O–H groups in total. The predicted molar refractivity (Wildman–Crippen MR) is 49.8 cm³/mol. The molecule has 1 rings (SSSR count). The summed E-state index contributed by atoms with van der Waals surface area (Å²) in [5.74, 6) is 0.547. The summed E-state index contributed by atoms with van der Waals surface area (Å²) < 4.78 is 5.09. The fraction of sp³-hybridized carbons (Fsp3) is 0.286. The highest BCUT2D eigenvalue weighted by atomic mass is 35.5. The highest BCUT2D eigenvalue weighted by Crippen LogP contribution is 2.28. The Kier molecular flexibility index (Phi) is 3.00. The summed E-state index contributed by atoms with van der Waals surface area (Å²) in [6, 6.07) is 1.51. The summed E-state index contributed by atoms with van der Waals surface area (Å²) in [6.07, 6.45) is 0. The molecule has 3 nitrogen and oxygen atoms in total. The molecule has 0 aliphatic rings. The van der Waals surface area contributed by atoms with Crippen molar-refractivity contribution in [2.24, 2.45) is 0 Å². The summed E-state index contributed by atoms with van der Waals surface area (Å²) in [7, 11) is 0. The fourth-order valence-corrected chi connectivity index (χ4v) is 1.11. The van der Waals surface area contributed by atoms with Crippen LogP contribution in [-0.4, -0.2) is 11.6 Å². The zero-order chi connectivity index (χ0) is 9.14. The third kappa shape index (κ3) is 1.93. The van der Waals surface area contributed by atoms with E-state index in [0.717, 1.165) is 0 Å². The van der Waals surface area contributed by atoms with Gasteiger partial charge in [0, 0.05) is 0 Å². The van der Waals surface area contributed by atoms with Crippen molar-refractivity contribution in [2.75, 3.05) is 12.3 Å². The lowest BCUT2D eigenvalue weighted by atomic mass is 10.4. The first-order valence-corrected chi connectivity index (χ1v) is 4.15. The summed E-state index contributed by atoms with van der Waals surface area (Å²) in [5, 5.41) is 0.708. The normalized spacial score (nSPS) is 9.92. The molecule has 0 fully saturated rings. The van der Waals surface area contributed by atoms with Crippen LogP contribution in [0.15, 0.2) is 6.07 Å². The minimum absolute atomic E-state index is 0.226. The molecule has 0 radical (unpaired) electrons. The Morgan fingerprint density at radius 1 is 1.50 bits per heavy atom. The maximum Gasteiger partial charge on any atom is 0.234 e. The smallest absolute Gasteiger partial charge is 0.234 e. The van der Waals surface area contributed by atoms with Crippen LogP contribution in [0.4, 0.5) is 5.82 Å². The molecular formula is C7H8Cl2N2O. The number of nitrogen functional groups attached to an aromatic ring is 1. The lowest BCUT2D eigenvalue weighted by Crippen LogP contribution is -1.98. The molecule has 0 unspecified atom stereocenters. The number of halogens is 2. The Balaban J connectivity index is 3.05. The Hall–Kier alpha value is -0.670. The molecule has 1 aromatic rings. The summed E-state index contributed by atoms with van der Waals surface area (Å²) >= 11 is 11.4. The van der Waals surface area contributed by atoms with Crippen molar-refractivity contribution in [3.63, 3.8) is 0 Å². The minimum Gasteiger partial charge on any atom is -0.477 e. The number of pyridine rings is 1. The van der Waals surface area contributed by atoms with E-state index >= 15 is 0 Å². The van der Waals surface area contributed by atoms with Gasteiger partial charge >= 0.3 is 0 Å². The van der Waals surface area contributed by atoms with Crippen LogP contribution in [0.1, 0.15) is 6.92 Å². The van der Waals surface area contributed by atoms with Crippen LogP contribution in [0.2, 0.25) is 10.0 Å². The lowest BCUT2D eigenvalue weighted by Gasteiger charge is -2.05. The Morgan fingerprint density at radius 3 is 2.75 bits per heavy atom. The van der Waals surface area contributed by atoms with Crippen LogP contribution in [0, 0.1) is 0 Å². The number of hydrogen-bond donors (Lipinski definition) is 1. The van der Waals surface area contributed by atoms with Crippen molar-refractivity contribution in [3.8, 4) is 5.88 Å². The molecule has 12 heavy (non-hydrogen) atoms. The second-order valence-electron chi connectivity index (χ2n) is 2.08. The number of ether oxygens (including phenoxy) is 1. The molecule has 0 aliphatic heterocycles. The van der Waals surface area contributed by atoms with Crippen molar-refractivity contribution in [3.05, 3.63) is 16.1 Å². The average molecular weight is 207 g/mol. The molecule has 0 atom stereocenters. The van der Waals surface area contributed by atoms with Gasteiger partial charge in [-0.2, -0.15) is 4.98 Å². The van der Waals surface area contributed by atoms with Gasteiger partial charge in [-0.25, -0.2) is 0 Å². The van der Waals surface area contributed by atoms with Gasteiger partial charge in [0.2, 0.25) is 5.88 Å². The fourth-order valence-electron chi connectivity index (χ4n) is 0.701. The van der Waals surface area contributed by atoms with E-state index in [1.807, 2.05) is 6.92 Å². The largest absolute Gasteiger partial charge is 0.477 e. The zero-order valence-corrected chi connectivity index (χ0v) is 7.99. The van der Waals surface area contributed by atoms with Gasteiger partial charge in [-0.15, -0.1) is 0 Å². The van der Waals surface area contributed by atoms with Gasteiger partial charge in [0.05, 0.1) is 11.6 Å². The van der Waals surface area contributed by atoms with E-state index in [2.05, 4.69) is 4.98 Å². The number of nitrogens with two attached hydrogens (primary N) is 1. The number of hydrogen-bond acceptors (Lipinski definition) is 3. The second kappa shape index (κ2) is 3.83. The first kappa shape index (κ1) is 9.42. The maximum absolute atomic E-state index is 5.75. The van der Waals surface area contributed by atoms with Crippen LogP contribution in [0.5, 0.6) is 5.88 Å². The summed E-state index contributed by atoms with van der Waals surface area (Å²) in [5.41, 5.74) is 5.44. The Labute approximate surface area is 80.4 Å².